The van der Waals surface area contributed by atoms with Crippen molar-refractivity contribution in [2.75, 3.05) is 18.8 Å². The lowest BCUT2D eigenvalue weighted by Crippen LogP contribution is -2.57. The Morgan fingerprint density at radius 3 is 3.21 bits per heavy atom. The van der Waals surface area contributed by atoms with E-state index in [2.05, 4.69) is 11.9 Å². The summed E-state index contributed by atoms with van der Waals surface area (Å²) in [5, 5.41) is 0.309. The first-order chi connectivity index (χ1) is 6.84. The largest absolute Gasteiger partial charge is 0.319 e. The number of rotatable bonds is 4. The highest BCUT2D eigenvalue weighted by Gasteiger charge is 2.46. The van der Waals surface area contributed by atoms with Gasteiger partial charge < -0.3 is 4.90 Å². The van der Waals surface area contributed by atoms with Gasteiger partial charge in [0.05, 0.1) is 0 Å². The van der Waals surface area contributed by atoms with Gasteiger partial charge in [-0.15, -0.1) is 11.8 Å². The number of nitrogens with zero attached hydrogens (tertiary/aromatic N) is 2. The lowest BCUT2D eigenvalue weighted by Gasteiger charge is -2.34. The topological polar surface area (TPSA) is 32.7 Å². The molecule has 0 aromatic carbocycles. The molecule has 4 heteroatoms. The Balaban J connectivity index is 1.83. The summed E-state index contributed by atoms with van der Waals surface area (Å²) in [6.07, 6.45) is 3.54. The SMILES string of the molecule is CCCCCN=C1C(=O)N2CCS[C@H]12. The van der Waals surface area contributed by atoms with Gasteiger partial charge in [0.1, 0.15) is 11.1 Å². The standard InChI is InChI=1S/C10H16N2OS/c1-2-3-4-5-11-8-9(13)12-6-7-14-10(8)12/h10H,2-7H2,1H3/t10-/m1/s1. The lowest BCUT2D eigenvalue weighted by atomic mass is 10.1. The molecule has 3 nitrogen and oxygen atoms in total. The lowest BCUT2D eigenvalue weighted by molar-refractivity contribution is -0.127. The van der Waals surface area contributed by atoms with E-state index >= 15 is 0 Å². The minimum Gasteiger partial charge on any atom is -0.319 e. The number of amides is 1. The number of aliphatic imine (C=N–C) groups is 1. The number of β-lactam (4-membered cyclic amide) rings is 1. The first-order valence-corrected chi connectivity index (χ1v) is 6.36. The second-order valence-electron chi connectivity index (χ2n) is 3.70. The van der Waals surface area contributed by atoms with Crippen molar-refractivity contribution in [2.45, 2.75) is 31.6 Å². The van der Waals surface area contributed by atoms with E-state index in [1.54, 1.807) is 0 Å². The third kappa shape index (κ3) is 1.67. The van der Waals surface area contributed by atoms with E-state index < -0.39 is 0 Å². The molecule has 78 valence electrons. The van der Waals surface area contributed by atoms with Gasteiger partial charge in [-0.05, 0) is 6.42 Å². The molecule has 0 unspecified atom stereocenters. The van der Waals surface area contributed by atoms with Gasteiger partial charge in [-0.3, -0.25) is 9.79 Å². The van der Waals surface area contributed by atoms with E-state index in [0.717, 1.165) is 31.0 Å². The van der Waals surface area contributed by atoms with Crippen molar-refractivity contribution >= 4 is 23.4 Å². The Morgan fingerprint density at radius 2 is 2.43 bits per heavy atom. The zero-order valence-corrected chi connectivity index (χ0v) is 9.35. The smallest absolute Gasteiger partial charge is 0.272 e. The zero-order chi connectivity index (χ0) is 9.97. The van der Waals surface area contributed by atoms with Crippen LogP contribution in [0.3, 0.4) is 0 Å². The maximum absolute atomic E-state index is 11.5. The minimum absolute atomic E-state index is 0.177. The maximum Gasteiger partial charge on any atom is 0.272 e. The van der Waals surface area contributed by atoms with Crippen LogP contribution < -0.4 is 0 Å². The number of carbonyl (C=O) groups is 1. The number of fused-ring (bicyclic) bond motifs is 1. The Morgan fingerprint density at radius 1 is 1.57 bits per heavy atom. The molecule has 0 bridgehead atoms. The van der Waals surface area contributed by atoms with E-state index in [0.29, 0.717) is 5.37 Å². The Bertz CT molecular complexity index is 265. The van der Waals surface area contributed by atoms with E-state index in [1.807, 2.05) is 16.7 Å². The Labute approximate surface area is 89.0 Å². The summed E-state index contributed by atoms with van der Waals surface area (Å²) in [7, 11) is 0. The van der Waals surface area contributed by atoms with Gasteiger partial charge in [0.2, 0.25) is 0 Å². The second kappa shape index (κ2) is 4.34. The minimum atomic E-state index is 0.177. The summed E-state index contributed by atoms with van der Waals surface area (Å²) in [4.78, 5) is 17.8. The quantitative estimate of drug-likeness (QED) is 0.523. The molecule has 0 saturated carbocycles. The molecule has 1 amide bonds. The highest BCUT2D eigenvalue weighted by molar-refractivity contribution is 8.01. The van der Waals surface area contributed by atoms with E-state index in [-0.39, 0.29) is 5.91 Å². The number of hydrogen-bond donors (Lipinski definition) is 0. The van der Waals surface area contributed by atoms with Gasteiger partial charge >= 0.3 is 0 Å². The van der Waals surface area contributed by atoms with Crippen molar-refractivity contribution in [3.05, 3.63) is 0 Å². The van der Waals surface area contributed by atoms with Gasteiger partial charge in [0.25, 0.3) is 5.91 Å². The summed E-state index contributed by atoms with van der Waals surface area (Å²) in [6.45, 7) is 3.93. The van der Waals surface area contributed by atoms with Crippen LogP contribution in [0.25, 0.3) is 0 Å². The molecule has 0 spiro atoms. The molecule has 2 fully saturated rings. The van der Waals surface area contributed by atoms with Crippen molar-refractivity contribution in [1.82, 2.24) is 4.90 Å². The van der Waals surface area contributed by atoms with Crippen molar-refractivity contribution in [1.29, 1.82) is 0 Å². The van der Waals surface area contributed by atoms with Crippen LogP contribution in [0.4, 0.5) is 0 Å². The van der Waals surface area contributed by atoms with Gasteiger partial charge in [0, 0.05) is 18.8 Å². The average molecular weight is 212 g/mol. The number of unbranched alkanes of at least 4 members (excludes halogenated alkanes) is 2. The van der Waals surface area contributed by atoms with E-state index in [9.17, 15) is 4.79 Å². The third-order valence-corrected chi connectivity index (χ3v) is 3.86. The Hall–Kier alpha value is -0.510. The molecule has 0 aliphatic carbocycles. The van der Waals surface area contributed by atoms with Crippen LogP contribution in [-0.2, 0) is 4.79 Å². The molecular formula is C10H16N2OS. The van der Waals surface area contributed by atoms with E-state index in [1.165, 1.54) is 12.8 Å². The molecule has 2 heterocycles. The van der Waals surface area contributed by atoms with Crippen LogP contribution in [0, 0.1) is 0 Å². The molecule has 0 radical (unpaired) electrons. The van der Waals surface area contributed by atoms with Gasteiger partial charge in [-0.25, -0.2) is 0 Å². The fourth-order valence-electron chi connectivity index (χ4n) is 1.80. The van der Waals surface area contributed by atoms with Crippen LogP contribution in [-0.4, -0.2) is 40.7 Å². The molecule has 0 aromatic heterocycles. The number of carbonyl (C=O) groups excluding carboxylic acids is 1. The number of thioether (sulfide) groups is 1. The monoisotopic (exact) mass is 212 g/mol. The van der Waals surface area contributed by atoms with Gasteiger partial charge in [-0.1, -0.05) is 19.8 Å². The molecule has 0 aromatic rings. The van der Waals surface area contributed by atoms with Crippen LogP contribution in [0.2, 0.25) is 0 Å². The van der Waals surface area contributed by atoms with Crippen LogP contribution >= 0.6 is 11.8 Å². The fourth-order valence-corrected chi connectivity index (χ4v) is 3.04. The summed E-state index contributed by atoms with van der Waals surface area (Å²) in [5.41, 5.74) is 0.823. The van der Waals surface area contributed by atoms with Crippen molar-refractivity contribution in [3.8, 4) is 0 Å². The van der Waals surface area contributed by atoms with Gasteiger partial charge in [0.15, 0.2) is 0 Å². The molecule has 2 rings (SSSR count). The first-order valence-electron chi connectivity index (χ1n) is 5.31. The van der Waals surface area contributed by atoms with Crippen LogP contribution in [0.5, 0.6) is 0 Å². The predicted molar refractivity (Wildman–Crippen MR) is 59.8 cm³/mol. The molecule has 2 saturated heterocycles. The number of hydrogen-bond acceptors (Lipinski definition) is 3. The van der Waals surface area contributed by atoms with Crippen LogP contribution in [0.15, 0.2) is 4.99 Å². The molecular weight excluding hydrogens is 196 g/mol. The maximum atomic E-state index is 11.5. The van der Waals surface area contributed by atoms with E-state index in [4.69, 9.17) is 0 Å². The molecule has 0 N–H and O–H groups in total. The van der Waals surface area contributed by atoms with Crippen LogP contribution in [0.1, 0.15) is 26.2 Å². The average Bonchev–Trinajstić information content (AvgIpc) is 2.62. The van der Waals surface area contributed by atoms with Crippen molar-refractivity contribution < 1.29 is 4.79 Å². The second-order valence-corrected chi connectivity index (χ2v) is 4.88. The molecule has 2 aliphatic heterocycles. The molecule has 1 atom stereocenters. The highest BCUT2D eigenvalue weighted by Crippen LogP contribution is 2.33. The summed E-state index contributed by atoms with van der Waals surface area (Å²) >= 11 is 1.84. The fraction of sp³-hybridized carbons (Fsp3) is 0.800. The normalized spacial score (nSPS) is 28.1. The molecule has 14 heavy (non-hydrogen) atoms. The molecule has 2 aliphatic rings. The summed E-state index contributed by atoms with van der Waals surface area (Å²) in [5.74, 6) is 1.25. The summed E-state index contributed by atoms with van der Waals surface area (Å²) < 4.78 is 0. The van der Waals surface area contributed by atoms with Crippen molar-refractivity contribution in [2.24, 2.45) is 4.99 Å². The predicted octanol–water partition coefficient (Wildman–Crippen LogP) is 1.53. The van der Waals surface area contributed by atoms with Crippen molar-refractivity contribution in [3.63, 3.8) is 0 Å². The Kier molecular flexibility index (Phi) is 3.11. The first kappa shape index (κ1) is 10.0. The zero-order valence-electron chi connectivity index (χ0n) is 8.53. The summed E-state index contributed by atoms with van der Waals surface area (Å²) in [6, 6.07) is 0. The van der Waals surface area contributed by atoms with Gasteiger partial charge in [-0.2, -0.15) is 0 Å². The highest BCUT2D eigenvalue weighted by atomic mass is 32.2. The third-order valence-electron chi connectivity index (χ3n) is 2.65.